The van der Waals surface area contributed by atoms with E-state index in [0.717, 1.165) is 12.2 Å². The SMILES string of the molecule is CN(C(=O)CNC1CCCC1)C1CCSC1. The van der Waals surface area contributed by atoms with Gasteiger partial charge in [0.25, 0.3) is 0 Å². The average molecular weight is 242 g/mol. The van der Waals surface area contributed by atoms with Crippen molar-refractivity contribution in [3.8, 4) is 0 Å². The van der Waals surface area contributed by atoms with Crippen LogP contribution in [0.15, 0.2) is 0 Å². The van der Waals surface area contributed by atoms with Crippen molar-refractivity contribution < 1.29 is 4.79 Å². The summed E-state index contributed by atoms with van der Waals surface area (Å²) in [6, 6.07) is 1.07. The van der Waals surface area contributed by atoms with Crippen LogP contribution in [0.4, 0.5) is 0 Å². The van der Waals surface area contributed by atoms with Crippen LogP contribution in [0.2, 0.25) is 0 Å². The Hall–Kier alpha value is -0.220. The Kier molecular flexibility index (Phi) is 4.53. The van der Waals surface area contributed by atoms with E-state index >= 15 is 0 Å². The topological polar surface area (TPSA) is 32.3 Å². The summed E-state index contributed by atoms with van der Waals surface area (Å²) in [5.74, 6) is 2.59. The molecule has 1 N–H and O–H groups in total. The number of carbonyl (C=O) groups excluding carboxylic acids is 1. The summed E-state index contributed by atoms with van der Waals surface area (Å²) in [4.78, 5) is 13.9. The van der Waals surface area contributed by atoms with Gasteiger partial charge in [-0.15, -0.1) is 0 Å². The van der Waals surface area contributed by atoms with Crippen LogP contribution in [-0.2, 0) is 4.79 Å². The van der Waals surface area contributed by atoms with E-state index in [0.29, 0.717) is 18.6 Å². The minimum Gasteiger partial charge on any atom is -0.341 e. The van der Waals surface area contributed by atoms with E-state index in [2.05, 4.69) is 5.32 Å². The van der Waals surface area contributed by atoms with E-state index in [4.69, 9.17) is 0 Å². The Morgan fingerprint density at radius 3 is 2.75 bits per heavy atom. The lowest BCUT2D eigenvalue weighted by Crippen LogP contribution is -2.43. The maximum absolute atomic E-state index is 11.9. The van der Waals surface area contributed by atoms with E-state index in [1.165, 1.54) is 31.4 Å². The second-order valence-corrected chi connectivity index (χ2v) is 6.03. The fourth-order valence-corrected chi connectivity index (χ4v) is 3.79. The molecular formula is C12H22N2OS. The summed E-state index contributed by atoms with van der Waals surface area (Å²) < 4.78 is 0. The molecule has 2 fully saturated rings. The molecule has 0 spiro atoms. The minimum absolute atomic E-state index is 0.263. The summed E-state index contributed by atoms with van der Waals surface area (Å²) in [5, 5.41) is 3.39. The van der Waals surface area contributed by atoms with Crippen LogP contribution in [-0.4, -0.2) is 48.0 Å². The maximum atomic E-state index is 11.9. The Bertz CT molecular complexity index is 235. The second-order valence-electron chi connectivity index (χ2n) is 4.88. The van der Waals surface area contributed by atoms with Crippen molar-refractivity contribution in [1.29, 1.82) is 0 Å². The molecule has 0 aromatic rings. The predicted molar refractivity (Wildman–Crippen MR) is 68.8 cm³/mol. The fraction of sp³-hybridized carbons (Fsp3) is 0.917. The Morgan fingerprint density at radius 2 is 2.12 bits per heavy atom. The number of hydrogen-bond acceptors (Lipinski definition) is 3. The van der Waals surface area contributed by atoms with Gasteiger partial charge in [0.1, 0.15) is 0 Å². The maximum Gasteiger partial charge on any atom is 0.236 e. The molecule has 4 heteroatoms. The lowest BCUT2D eigenvalue weighted by atomic mass is 10.2. The lowest BCUT2D eigenvalue weighted by molar-refractivity contribution is -0.130. The highest BCUT2D eigenvalue weighted by molar-refractivity contribution is 7.99. The van der Waals surface area contributed by atoms with Crippen molar-refractivity contribution >= 4 is 17.7 Å². The molecule has 16 heavy (non-hydrogen) atoms. The van der Waals surface area contributed by atoms with Gasteiger partial charge in [-0.3, -0.25) is 4.79 Å². The first-order valence-corrected chi connectivity index (χ1v) is 7.49. The molecule has 1 saturated heterocycles. The molecule has 2 aliphatic rings. The quantitative estimate of drug-likeness (QED) is 0.810. The number of amides is 1. The van der Waals surface area contributed by atoms with Crippen molar-refractivity contribution in [3.05, 3.63) is 0 Å². The predicted octanol–water partition coefficient (Wildman–Crippen LogP) is 1.48. The third-order valence-electron chi connectivity index (χ3n) is 3.74. The number of likely N-dealkylation sites (N-methyl/N-ethyl adjacent to an activating group) is 1. The van der Waals surface area contributed by atoms with E-state index in [-0.39, 0.29) is 5.91 Å². The van der Waals surface area contributed by atoms with Gasteiger partial charge in [-0.2, -0.15) is 11.8 Å². The first-order valence-electron chi connectivity index (χ1n) is 6.34. The van der Waals surface area contributed by atoms with Gasteiger partial charge in [-0.1, -0.05) is 12.8 Å². The Labute approximate surface area is 102 Å². The molecule has 0 bridgehead atoms. The van der Waals surface area contributed by atoms with Gasteiger partial charge >= 0.3 is 0 Å². The zero-order chi connectivity index (χ0) is 11.4. The lowest BCUT2D eigenvalue weighted by Gasteiger charge is -2.24. The number of hydrogen-bond donors (Lipinski definition) is 1. The molecule has 1 amide bonds. The van der Waals surface area contributed by atoms with Crippen molar-refractivity contribution in [3.63, 3.8) is 0 Å². The standard InChI is InChI=1S/C12H22N2OS/c1-14(11-6-7-16-9-11)12(15)8-13-10-4-2-3-5-10/h10-11,13H,2-9H2,1H3. The molecule has 3 nitrogen and oxygen atoms in total. The number of carbonyl (C=O) groups is 1. The van der Waals surface area contributed by atoms with Crippen molar-refractivity contribution in [2.75, 3.05) is 25.1 Å². The number of nitrogens with one attached hydrogen (secondary N) is 1. The van der Waals surface area contributed by atoms with Crippen LogP contribution in [0.3, 0.4) is 0 Å². The molecular weight excluding hydrogens is 220 g/mol. The monoisotopic (exact) mass is 242 g/mol. The first kappa shape index (κ1) is 12.2. The summed E-state index contributed by atoms with van der Waals surface area (Å²) in [5.41, 5.74) is 0. The molecule has 92 valence electrons. The minimum atomic E-state index is 0.263. The summed E-state index contributed by atoms with van der Waals surface area (Å²) in [6.45, 7) is 0.530. The largest absolute Gasteiger partial charge is 0.341 e. The second kappa shape index (κ2) is 5.92. The van der Waals surface area contributed by atoms with E-state index < -0.39 is 0 Å². The van der Waals surface area contributed by atoms with Crippen LogP contribution in [0.5, 0.6) is 0 Å². The van der Waals surface area contributed by atoms with Crippen LogP contribution in [0, 0.1) is 0 Å². The van der Waals surface area contributed by atoms with Crippen LogP contribution in [0.25, 0.3) is 0 Å². The van der Waals surface area contributed by atoms with Crippen molar-refractivity contribution in [2.24, 2.45) is 0 Å². The van der Waals surface area contributed by atoms with Gasteiger partial charge < -0.3 is 10.2 Å². The van der Waals surface area contributed by atoms with Crippen LogP contribution < -0.4 is 5.32 Å². The van der Waals surface area contributed by atoms with Gasteiger partial charge in [0.2, 0.25) is 5.91 Å². The van der Waals surface area contributed by atoms with Crippen molar-refractivity contribution in [1.82, 2.24) is 10.2 Å². The molecule has 1 heterocycles. The van der Waals surface area contributed by atoms with Gasteiger partial charge in [0.15, 0.2) is 0 Å². The normalized spacial score (nSPS) is 26.2. The molecule has 1 unspecified atom stereocenters. The first-order chi connectivity index (χ1) is 7.77. The van der Waals surface area contributed by atoms with Gasteiger partial charge in [-0.25, -0.2) is 0 Å². The molecule has 0 radical (unpaired) electrons. The molecule has 0 aromatic carbocycles. The Morgan fingerprint density at radius 1 is 1.38 bits per heavy atom. The van der Waals surface area contributed by atoms with Gasteiger partial charge in [0, 0.05) is 24.9 Å². The van der Waals surface area contributed by atoms with Crippen LogP contribution in [0.1, 0.15) is 32.1 Å². The van der Waals surface area contributed by atoms with E-state index in [1.807, 2.05) is 23.7 Å². The highest BCUT2D eigenvalue weighted by atomic mass is 32.2. The number of thioether (sulfide) groups is 1. The fourth-order valence-electron chi connectivity index (χ4n) is 2.52. The summed E-state index contributed by atoms with van der Waals surface area (Å²) >= 11 is 1.96. The molecule has 2 rings (SSSR count). The van der Waals surface area contributed by atoms with Gasteiger partial charge in [0.05, 0.1) is 6.54 Å². The molecule has 1 atom stereocenters. The average Bonchev–Trinajstić information content (AvgIpc) is 2.96. The third-order valence-corrected chi connectivity index (χ3v) is 4.89. The van der Waals surface area contributed by atoms with Crippen molar-refractivity contribution in [2.45, 2.75) is 44.2 Å². The van der Waals surface area contributed by atoms with E-state index in [9.17, 15) is 4.79 Å². The Balaban J connectivity index is 1.69. The molecule has 1 saturated carbocycles. The van der Waals surface area contributed by atoms with Crippen LogP contribution >= 0.6 is 11.8 Å². The molecule has 0 aromatic heterocycles. The third kappa shape index (κ3) is 3.14. The molecule has 1 aliphatic heterocycles. The zero-order valence-electron chi connectivity index (χ0n) is 10.1. The highest BCUT2D eigenvalue weighted by Gasteiger charge is 2.24. The number of rotatable bonds is 4. The summed E-state index contributed by atoms with van der Waals surface area (Å²) in [6.07, 6.45) is 6.30. The summed E-state index contributed by atoms with van der Waals surface area (Å²) in [7, 11) is 1.95. The van der Waals surface area contributed by atoms with E-state index in [1.54, 1.807) is 0 Å². The number of nitrogens with zero attached hydrogens (tertiary/aromatic N) is 1. The van der Waals surface area contributed by atoms with Gasteiger partial charge in [-0.05, 0) is 25.0 Å². The smallest absolute Gasteiger partial charge is 0.236 e. The zero-order valence-corrected chi connectivity index (χ0v) is 10.9. The molecule has 1 aliphatic carbocycles. The highest BCUT2D eigenvalue weighted by Crippen LogP contribution is 2.21.